The molecule has 0 bridgehead atoms. The molecular formula is C22H28ClN3O7S2. The number of carbonyl (C=O) groups excluding carboxylic acids is 1. The maximum Gasteiger partial charge on any atom is 0.243 e. The Hall–Kier alpha value is -2.22. The first-order valence-electron chi connectivity index (χ1n) is 10.9. The van der Waals surface area contributed by atoms with E-state index in [-0.39, 0.29) is 21.4 Å². The minimum atomic E-state index is -4.01. The first-order valence-corrected chi connectivity index (χ1v) is 14.2. The van der Waals surface area contributed by atoms with Crippen molar-refractivity contribution >= 4 is 37.6 Å². The van der Waals surface area contributed by atoms with Crippen molar-refractivity contribution in [2.24, 2.45) is 0 Å². The molecular weight excluding hydrogens is 518 g/mol. The molecule has 1 atom stereocenters. The van der Waals surface area contributed by atoms with E-state index in [9.17, 15) is 21.6 Å². The van der Waals surface area contributed by atoms with Gasteiger partial charge in [-0.15, -0.1) is 0 Å². The number of amides is 1. The molecule has 0 radical (unpaired) electrons. The van der Waals surface area contributed by atoms with Gasteiger partial charge in [0.15, 0.2) is 0 Å². The van der Waals surface area contributed by atoms with E-state index in [0.717, 1.165) is 0 Å². The lowest BCUT2D eigenvalue weighted by Crippen LogP contribution is -2.44. The minimum Gasteiger partial charge on any atom is -0.492 e. The normalized spacial score (nSPS) is 16.0. The average molecular weight is 546 g/mol. The molecule has 1 amide bonds. The number of sulfonamides is 2. The second-order valence-corrected chi connectivity index (χ2v) is 11.8. The molecule has 1 fully saturated rings. The summed E-state index contributed by atoms with van der Waals surface area (Å²) in [4.78, 5) is 12.5. The molecule has 0 spiro atoms. The fraction of sp³-hybridized carbons (Fsp3) is 0.409. The Morgan fingerprint density at radius 3 is 2.31 bits per heavy atom. The van der Waals surface area contributed by atoms with Gasteiger partial charge >= 0.3 is 0 Å². The molecule has 1 aliphatic heterocycles. The highest BCUT2D eigenvalue weighted by atomic mass is 35.5. The second-order valence-electron chi connectivity index (χ2n) is 7.75. The fourth-order valence-electron chi connectivity index (χ4n) is 3.33. The van der Waals surface area contributed by atoms with Gasteiger partial charge in [0.2, 0.25) is 26.0 Å². The van der Waals surface area contributed by atoms with Crippen molar-refractivity contribution in [3.05, 3.63) is 53.1 Å². The molecule has 192 valence electrons. The van der Waals surface area contributed by atoms with Gasteiger partial charge in [-0.2, -0.15) is 9.03 Å². The smallest absolute Gasteiger partial charge is 0.243 e. The molecule has 0 aromatic heterocycles. The summed E-state index contributed by atoms with van der Waals surface area (Å²) in [6, 6.07) is 9.15. The van der Waals surface area contributed by atoms with Gasteiger partial charge in [-0.25, -0.2) is 16.8 Å². The molecule has 1 heterocycles. The Morgan fingerprint density at radius 1 is 1.09 bits per heavy atom. The summed E-state index contributed by atoms with van der Waals surface area (Å²) in [6.45, 7) is 5.00. The van der Waals surface area contributed by atoms with Crippen LogP contribution in [0.1, 0.15) is 19.4 Å². The maximum atomic E-state index is 12.7. The third kappa shape index (κ3) is 6.93. The lowest BCUT2D eigenvalue weighted by atomic mass is 10.2. The Kier molecular flexibility index (Phi) is 9.13. The molecule has 2 N–H and O–H groups in total. The van der Waals surface area contributed by atoms with Gasteiger partial charge in [0.1, 0.15) is 5.75 Å². The van der Waals surface area contributed by atoms with Crippen LogP contribution in [-0.4, -0.2) is 66.0 Å². The number of nitrogens with zero attached hydrogens (tertiary/aromatic N) is 1. The van der Waals surface area contributed by atoms with Gasteiger partial charge in [0.05, 0.1) is 40.7 Å². The quantitative estimate of drug-likeness (QED) is 0.465. The zero-order chi connectivity index (χ0) is 25.6. The van der Waals surface area contributed by atoms with E-state index in [1.165, 1.54) is 41.6 Å². The van der Waals surface area contributed by atoms with Crippen LogP contribution in [0.5, 0.6) is 5.75 Å². The topological polar surface area (TPSA) is 131 Å². The van der Waals surface area contributed by atoms with E-state index in [1.54, 1.807) is 19.1 Å². The van der Waals surface area contributed by atoms with Crippen LogP contribution in [0, 0.1) is 0 Å². The largest absolute Gasteiger partial charge is 0.492 e. The predicted octanol–water partition coefficient (Wildman–Crippen LogP) is 1.74. The van der Waals surface area contributed by atoms with Crippen LogP contribution in [0.3, 0.4) is 0 Å². The molecule has 3 rings (SSSR count). The van der Waals surface area contributed by atoms with E-state index in [2.05, 4.69) is 10.0 Å². The summed E-state index contributed by atoms with van der Waals surface area (Å²) >= 11 is 6.07. The van der Waals surface area contributed by atoms with Gasteiger partial charge in [-0.05, 0) is 49.7 Å². The zero-order valence-electron chi connectivity index (χ0n) is 19.4. The standard InChI is InChI=1S/C22H28ClN3O7S2/c1-3-33-21-9-8-19(14-20(21)23)34(28,29)25-16(2)22(27)24-15-17-4-6-18(7-5-17)35(30,31)26-10-12-32-13-11-26/h4-9,14,16,25H,3,10-13,15H2,1-2H3,(H,24,27). The molecule has 0 aliphatic carbocycles. The number of rotatable bonds is 10. The number of ether oxygens (including phenoxy) is 2. The summed E-state index contributed by atoms with van der Waals surface area (Å²) in [5.41, 5.74) is 0.660. The van der Waals surface area contributed by atoms with Gasteiger partial charge in [0, 0.05) is 19.6 Å². The van der Waals surface area contributed by atoms with E-state index in [4.69, 9.17) is 21.1 Å². The number of benzene rings is 2. The van der Waals surface area contributed by atoms with Crippen molar-refractivity contribution in [3.8, 4) is 5.75 Å². The minimum absolute atomic E-state index is 0.0948. The van der Waals surface area contributed by atoms with Crippen molar-refractivity contribution < 1.29 is 31.1 Å². The van der Waals surface area contributed by atoms with Crippen LogP contribution >= 0.6 is 11.6 Å². The molecule has 1 aliphatic rings. The SMILES string of the molecule is CCOc1ccc(S(=O)(=O)NC(C)C(=O)NCc2ccc(S(=O)(=O)N3CCOCC3)cc2)cc1Cl. The molecule has 10 nitrogen and oxygen atoms in total. The summed E-state index contributed by atoms with van der Waals surface area (Å²) in [5.74, 6) is -0.182. The summed E-state index contributed by atoms with van der Waals surface area (Å²) in [6.07, 6.45) is 0. The Labute approximate surface area is 210 Å². The predicted molar refractivity (Wildman–Crippen MR) is 130 cm³/mol. The van der Waals surface area contributed by atoms with E-state index in [1.807, 2.05) is 0 Å². The number of nitrogens with one attached hydrogen (secondary N) is 2. The average Bonchev–Trinajstić information content (AvgIpc) is 2.84. The number of carbonyl (C=O) groups is 1. The van der Waals surface area contributed by atoms with Gasteiger partial charge in [0.25, 0.3) is 0 Å². The molecule has 2 aromatic rings. The van der Waals surface area contributed by atoms with Crippen LogP contribution in [0.2, 0.25) is 5.02 Å². The Morgan fingerprint density at radius 2 is 1.71 bits per heavy atom. The van der Waals surface area contributed by atoms with Gasteiger partial charge < -0.3 is 14.8 Å². The summed E-state index contributed by atoms with van der Waals surface area (Å²) in [5, 5.41) is 2.79. The third-order valence-corrected chi connectivity index (χ3v) is 8.98. The van der Waals surface area contributed by atoms with Gasteiger partial charge in [-0.1, -0.05) is 23.7 Å². The zero-order valence-corrected chi connectivity index (χ0v) is 21.7. The highest BCUT2D eigenvalue weighted by molar-refractivity contribution is 7.89. The maximum absolute atomic E-state index is 12.7. The summed E-state index contributed by atoms with van der Waals surface area (Å²) < 4.78 is 64.9. The highest BCUT2D eigenvalue weighted by Crippen LogP contribution is 2.27. The lowest BCUT2D eigenvalue weighted by molar-refractivity contribution is -0.122. The van der Waals surface area contributed by atoms with Gasteiger partial charge in [-0.3, -0.25) is 4.79 Å². The Balaban J connectivity index is 1.57. The molecule has 1 saturated heterocycles. The first-order chi connectivity index (χ1) is 16.5. The third-order valence-electron chi connectivity index (χ3n) is 5.24. The van der Waals surface area contributed by atoms with E-state index < -0.39 is 32.0 Å². The molecule has 0 saturated carbocycles. The van der Waals surface area contributed by atoms with Crippen LogP contribution < -0.4 is 14.8 Å². The summed E-state index contributed by atoms with van der Waals surface area (Å²) in [7, 11) is -7.61. The Bertz CT molecular complexity index is 1250. The van der Waals surface area contributed by atoms with Crippen LogP contribution in [0.4, 0.5) is 0 Å². The van der Waals surface area contributed by atoms with Crippen molar-refractivity contribution in [1.29, 1.82) is 0 Å². The van der Waals surface area contributed by atoms with E-state index in [0.29, 0.717) is 44.2 Å². The first kappa shape index (κ1) is 27.4. The van der Waals surface area contributed by atoms with Crippen LogP contribution in [-0.2, 0) is 36.1 Å². The van der Waals surface area contributed by atoms with Crippen molar-refractivity contribution in [3.63, 3.8) is 0 Å². The number of hydrogen-bond acceptors (Lipinski definition) is 7. The van der Waals surface area contributed by atoms with Crippen LogP contribution in [0.15, 0.2) is 52.3 Å². The monoisotopic (exact) mass is 545 g/mol. The van der Waals surface area contributed by atoms with Crippen molar-refractivity contribution in [2.75, 3.05) is 32.9 Å². The molecule has 13 heteroatoms. The molecule has 35 heavy (non-hydrogen) atoms. The molecule has 1 unspecified atom stereocenters. The second kappa shape index (κ2) is 11.7. The number of halogens is 1. The number of morpholine rings is 1. The molecule has 2 aromatic carbocycles. The van der Waals surface area contributed by atoms with Crippen molar-refractivity contribution in [2.45, 2.75) is 36.2 Å². The lowest BCUT2D eigenvalue weighted by Gasteiger charge is -2.26. The van der Waals surface area contributed by atoms with Crippen molar-refractivity contribution in [1.82, 2.24) is 14.3 Å². The highest BCUT2D eigenvalue weighted by Gasteiger charge is 2.26. The van der Waals surface area contributed by atoms with E-state index >= 15 is 0 Å². The fourth-order valence-corrected chi connectivity index (χ4v) is 6.27. The van der Waals surface area contributed by atoms with Crippen LogP contribution in [0.25, 0.3) is 0 Å². The number of hydrogen-bond donors (Lipinski definition) is 2.